The third-order valence-corrected chi connectivity index (χ3v) is 4.29. The number of nitrogens with one attached hydrogen (secondary N) is 1. The lowest BCUT2D eigenvalue weighted by Crippen LogP contribution is -2.47. The van der Waals surface area contributed by atoms with Crippen LogP contribution in [-0.4, -0.2) is 42.7 Å². The first-order valence-corrected chi connectivity index (χ1v) is 8.58. The normalized spacial score (nSPS) is 14.8. The summed E-state index contributed by atoms with van der Waals surface area (Å²) in [6, 6.07) is 8.95. The van der Waals surface area contributed by atoms with Crippen LogP contribution in [0.2, 0.25) is 0 Å². The summed E-state index contributed by atoms with van der Waals surface area (Å²) in [5.74, 6) is 1.64. The highest BCUT2D eigenvalue weighted by atomic mass is 19.1. The lowest BCUT2D eigenvalue weighted by atomic mass is 10.2. The van der Waals surface area contributed by atoms with Gasteiger partial charge in [-0.25, -0.2) is 14.4 Å². The Hall–Kier alpha value is -2.37. The molecule has 128 valence electrons. The second-order valence-corrected chi connectivity index (χ2v) is 5.97. The number of rotatable bonds is 6. The number of aromatic nitrogens is 2. The second kappa shape index (κ2) is 7.95. The van der Waals surface area contributed by atoms with Gasteiger partial charge in [0.1, 0.15) is 23.8 Å². The average Bonchev–Trinajstić information content (AvgIpc) is 2.63. The van der Waals surface area contributed by atoms with Crippen LogP contribution in [0.5, 0.6) is 0 Å². The summed E-state index contributed by atoms with van der Waals surface area (Å²) in [6.07, 6.45) is 3.89. The minimum atomic E-state index is -0.157. The Morgan fingerprint density at radius 3 is 2.58 bits per heavy atom. The molecule has 0 radical (unpaired) electrons. The largest absolute Gasteiger partial charge is 0.370 e. The molecule has 0 atom stereocenters. The number of para-hydroxylation sites is 1. The van der Waals surface area contributed by atoms with Gasteiger partial charge in [0.15, 0.2) is 0 Å². The van der Waals surface area contributed by atoms with Gasteiger partial charge in [0.25, 0.3) is 0 Å². The maximum absolute atomic E-state index is 13.9. The summed E-state index contributed by atoms with van der Waals surface area (Å²) in [6.45, 7) is 6.29. The number of anilines is 3. The molecule has 1 aromatic heterocycles. The molecule has 0 saturated carbocycles. The van der Waals surface area contributed by atoms with Crippen molar-refractivity contribution in [2.45, 2.75) is 19.8 Å². The van der Waals surface area contributed by atoms with Crippen molar-refractivity contribution in [3.05, 3.63) is 42.5 Å². The molecule has 5 nitrogen and oxygen atoms in total. The number of piperazine rings is 1. The van der Waals surface area contributed by atoms with Gasteiger partial charge < -0.3 is 15.1 Å². The molecule has 1 saturated heterocycles. The minimum absolute atomic E-state index is 0.157. The van der Waals surface area contributed by atoms with Gasteiger partial charge in [-0.3, -0.25) is 0 Å². The van der Waals surface area contributed by atoms with E-state index in [2.05, 4.69) is 32.0 Å². The summed E-state index contributed by atoms with van der Waals surface area (Å²) >= 11 is 0. The van der Waals surface area contributed by atoms with Gasteiger partial charge in [-0.2, -0.15) is 0 Å². The van der Waals surface area contributed by atoms with E-state index in [1.165, 1.54) is 6.07 Å². The second-order valence-electron chi connectivity index (χ2n) is 5.97. The van der Waals surface area contributed by atoms with Crippen molar-refractivity contribution in [1.82, 2.24) is 9.97 Å². The van der Waals surface area contributed by atoms with Gasteiger partial charge >= 0.3 is 0 Å². The van der Waals surface area contributed by atoms with Crippen molar-refractivity contribution in [2.75, 3.05) is 47.8 Å². The molecule has 1 aliphatic heterocycles. The highest BCUT2D eigenvalue weighted by Crippen LogP contribution is 2.22. The Morgan fingerprint density at radius 1 is 1.08 bits per heavy atom. The zero-order chi connectivity index (χ0) is 16.8. The van der Waals surface area contributed by atoms with E-state index in [1.807, 2.05) is 18.2 Å². The maximum atomic E-state index is 13.9. The molecule has 2 heterocycles. The number of benzene rings is 1. The zero-order valence-electron chi connectivity index (χ0n) is 14.1. The SMILES string of the molecule is CCCCNc1cc(N2CCN(c3ccccc3F)CC2)ncn1. The van der Waals surface area contributed by atoms with Crippen LogP contribution in [-0.2, 0) is 0 Å². The number of hydrogen-bond donors (Lipinski definition) is 1. The fraction of sp³-hybridized carbons (Fsp3) is 0.444. The van der Waals surface area contributed by atoms with Crippen LogP contribution < -0.4 is 15.1 Å². The lowest BCUT2D eigenvalue weighted by Gasteiger charge is -2.36. The molecule has 1 fully saturated rings. The molecule has 0 bridgehead atoms. The molecular weight excluding hydrogens is 305 g/mol. The Labute approximate surface area is 142 Å². The van der Waals surface area contributed by atoms with E-state index in [4.69, 9.17) is 0 Å². The van der Waals surface area contributed by atoms with E-state index in [0.29, 0.717) is 5.69 Å². The van der Waals surface area contributed by atoms with E-state index in [1.54, 1.807) is 12.4 Å². The molecule has 1 aromatic carbocycles. The van der Waals surface area contributed by atoms with Crippen LogP contribution in [0.25, 0.3) is 0 Å². The van der Waals surface area contributed by atoms with E-state index >= 15 is 0 Å². The first-order valence-electron chi connectivity index (χ1n) is 8.58. The van der Waals surface area contributed by atoms with Crippen LogP contribution in [0.15, 0.2) is 36.7 Å². The molecule has 0 spiro atoms. The van der Waals surface area contributed by atoms with Crippen molar-refractivity contribution < 1.29 is 4.39 Å². The molecule has 0 amide bonds. The summed E-state index contributed by atoms with van der Waals surface area (Å²) in [4.78, 5) is 13.0. The number of nitrogens with zero attached hydrogens (tertiary/aromatic N) is 4. The Kier molecular flexibility index (Phi) is 5.46. The fourth-order valence-electron chi connectivity index (χ4n) is 2.89. The predicted octanol–water partition coefficient (Wildman–Crippen LogP) is 3.15. The minimum Gasteiger partial charge on any atom is -0.370 e. The van der Waals surface area contributed by atoms with Gasteiger partial charge in [0, 0.05) is 38.8 Å². The van der Waals surface area contributed by atoms with Crippen molar-refractivity contribution >= 4 is 17.3 Å². The molecule has 24 heavy (non-hydrogen) atoms. The monoisotopic (exact) mass is 329 g/mol. The lowest BCUT2D eigenvalue weighted by molar-refractivity contribution is 0.596. The van der Waals surface area contributed by atoms with Gasteiger partial charge in [0.2, 0.25) is 0 Å². The topological polar surface area (TPSA) is 44.3 Å². The fourth-order valence-corrected chi connectivity index (χ4v) is 2.89. The number of hydrogen-bond acceptors (Lipinski definition) is 5. The molecule has 2 aromatic rings. The van der Waals surface area contributed by atoms with Crippen LogP contribution in [0.1, 0.15) is 19.8 Å². The van der Waals surface area contributed by atoms with Crippen molar-refractivity contribution in [1.29, 1.82) is 0 Å². The van der Waals surface area contributed by atoms with E-state index in [0.717, 1.165) is 57.2 Å². The first kappa shape index (κ1) is 16.5. The molecule has 1 N–H and O–H groups in total. The predicted molar refractivity (Wildman–Crippen MR) is 96.3 cm³/mol. The molecule has 0 aliphatic carbocycles. The Balaban J connectivity index is 1.60. The van der Waals surface area contributed by atoms with Gasteiger partial charge in [0.05, 0.1) is 5.69 Å². The molecule has 1 aliphatic rings. The highest BCUT2D eigenvalue weighted by molar-refractivity contribution is 5.52. The van der Waals surface area contributed by atoms with Gasteiger partial charge in [-0.1, -0.05) is 25.5 Å². The smallest absolute Gasteiger partial charge is 0.146 e. The third-order valence-electron chi connectivity index (χ3n) is 4.29. The molecule has 3 rings (SSSR count). The van der Waals surface area contributed by atoms with Gasteiger partial charge in [-0.05, 0) is 18.6 Å². The zero-order valence-corrected chi connectivity index (χ0v) is 14.1. The standard InChI is InChI=1S/C18H24FN5/c1-2-3-8-20-17-13-18(22-14-21-17)24-11-9-23(10-12-24)16-7-5-4-6-15(16)19/h4-7,13-14H,2-3,8-12H2,1H3,(H,20,21,22). The quantitative estimate of drug-likeness (QED) is 0.825. The molecular formula is C18H24FN5. The van der Waals surface area contributed by atoms with Crippen molar-refractivity contribution in [3.8, 4) is 0 Å². The number of unbranched alkanes of at least 4 members (excludes halogenated alkanes) is 1. The van der Waals surface area contributed by atoms with Crippen molar-refractivity contribution in [3.63, 3.8) is 0 Å². The summed E-state index contributed by atoms with van der Waals surface area (Å²) < 4.78 is 13.9. The number of halogens is 1. The van der Waals surface area contributed by atoms with Crippen LogP contribution in [0.3, 0.4) is 0 Å². The van der Waals surface area contributed by atoms with Crippen LogP contribution in [0.4, 0.5) is 21.7 Å². The first-order chi connectivity index (χ1) is 11.8. The Bertz CT molecular complexity index is 655. The molecule has 0 unspecified atom stereocenters. The van der Waals surface area contributed by atoms with E-state index in [-0.39, 0.29) is 5.82 Å². The summed E-state index contributed by atoms with van der Waals surface area (Å²) in [5, 5.41) is 3.33. The Morgan fingerprint density at radius 2 is 1.83 bits per heavy atom. The maximum Gasteiger partial charge on any atom is 0.146 e. The van der Waals surface area contributed by atoms with E-state index in [9.17, 15) is 4.39 Å². The average molecular weight is 329 g/mol. The van der Waals surface area contributed by atoms with Crippen molar-refractivity contribution in [2.24, 2.45) is 0 Å². The van der Waals surface area contributed by atoms with Crippen LogP contribution in [0, 0.1) is 5.82 Å². The highest BCUT2D eigenvalue weighted by Gasteiger charge is 2.20. The van der Waals surface area contributed by atoms with E-state index < -0.39 is 0 Å². The van der Waals surface area contributed by atoms with Gasteiger partial charge in [-0.15, -0.1) is 0 Å². The summed E-state index contributed by atoms with van der Waals surface area (Å²) in [5.41, 5.74) is 0.682. The summed E-state index contributed by atoms with van der Waals surface area (Å²) in [7, 11) is 0. The molecule has 6 heteroatoms. The van der Waals surface area contributed by atoms with Crippen LogP contribution >= 0.6 is 0 Å². The third kappa shape index (κ3) is 3.93.